The number of rotatable bonds is 3. The zero-order chi connectivity index (χ0) is 20.3. The molecule has 134 valence electrons. The topological polar surface area (TPSA) is 23.6 Å². The van der Waals surface area contributed by atoms with E-state index >= 15 is 0 Å². The number of alkyl halides is 1. The van der Waals surface area contributed by atoms with Gasteiger partial charge in [0.25, 0.3) is 0 Å². The minimum absolute atomic E-state index is 0.00972. The Balaban J connectivity index is 1.88. The highest BCUT2D eigenvalue weighted by atomic mass is 79.9. The molecule has 0 fully saturated rings. The number of likely N-dealkylation sites (N-methyl/N-ethyl adjacent to an activating group) is 1. The van der Waals surface area contributed by atoms with Crippen LogP contribution in [0, 0.1) is 5.92 Å². The van der Waals surface area contributed by atoms with E-state index in [4.69, 9.17) is 4.11 Å². The molecule has 4 heteroatoms. The van der Waals surface area contributed by atoms with E-state index in [9.17, 15) is 4.79 Å². The summed E-state index contributed by atoms with van der Waals surface area (Å²) in [6, 6.07) is 0.519. The van der Waals surface area contributed by atoms with Crippen molar-refractivity contribution in [3.05, 3.63) is 40.9 Å². The van der Waals surface area contributed by atoms with Gasteiger partial charge in [0.1, 0.15) is 0 Å². The summed E-state index contributed by atoms with van der Waals surface area (Å²) in [5.41, 5.74) is 3.84. The van der Waals surface area contributed by atoms with E-state index in [1.807, 2.05) is 18.7 Å². The molecule has 0 spiro atoms. The largest absolute Gasteiger partial charge is 0.343 e. The Labute approximate surface area is 163 Å². The van der Waals surface area contributed by atoms with Crippen LogP contribution in [-0.4, -0.2) is 53.3 Å². The molecule has 1 heterocycles. The highest BCUT2D eigenvalue weighted by molar-refractivity contribution is 9.09. The minimum Gasteiger partial charge on any atom is -0.343 e. The van der Waals surface area contributed by atoms with Crippen LogP contribution in [0.15, 0.2) is 24.2 Å². The van der Waals surface area contributed by atoms with Crippen molar-refractivity contribution in [3.63, 3.8) is 0 Å². The summed E-state index contributed by atoms with van der Waals surface area (Å²) in [5, 5.41) is 0. The van der Waals surface area contributed by atoms with Crippen molar-refractivity contribution in [1.29, 1.82) is 0 Å². The van der Waals surface area contributed by atoms with Crippen LogP contribution >= 0.6 is 15.9 Å². The van der Waals surface area contributed by atoms with Crippen LogP contribution in [0.1, 0.15) is 47.0 Å². The Morgan fingerprint density at radius 1 is 1.40 bits per heavy atom. The Morgan fingerprint density at radius 3 is 2.88 bits per heavy atom. The first-order valence-electron chi connectivity index (χ1n) is 10.8. The number of hydrogen-bond donors (Lipinski definition) is 0. The van der Waals surface area contributed by atoms with Gasteiger partial charge in [0.15, 0.2) is 0 Å². The first-order valence-corrected chi connectivity index (χ1v) is 10.2. The molecule has 1 aromatic rings. The Morgan fingerprint density at radius 2 is 2.16 bits per heavy atom. The van der Waals surface area contributed by atoms with Crippen LogP contribution in [-0.2, 0) is 11.2 Å². The molecule has 0 radical (unpaired) electrons. The summed E-state index contributed by atoms with van der Waals surface area (Å²) in [6.07, 6.45) is 3.74. The maximum absolute atomic E-state index is 13.0. The van der Waals surface area contributed by atoms with Gasteiger partial charge in [-0.05, 0) is 61.9 Å². The van der Waals surface area contributed by atoms with E-state index in [-0.39, 0.29) is 46.7 Å². The number of nitrogens with zero attached hydrogens (tertiary/aromatic N) is 2. The SMILES string of the molecule is [2H]c1c([2H])c2c3c(c1[2H])C1=C[C@@H](C(=O)N(CC)CC)CN(C)[C@@H]1CC3C(Br)C2. The second-order valence-electron chi connectivity index (χ2n) is 7.40. The number of fused-ring (bicyclic) bond motifs is 2. The number of benzene rings is 1. The van der Waals surface area contributed by atoms with E-state index in [1.54, 1.807) is 0 Å². The third-order valence-corrected chi connectivity index (χ3v) is 7.08. The number of halogens is 1. The molecular formula is C21H27BrN2O. The van der Waals surface area contributed by atoms with Crippen LogP contribution in [0.4, 0.5) is 0 Å². The molecule has 0 saturated carbocycles. The number of carbonyl (C=O) groups is 1. The van der Waals surface area contributed by atoms with Crippen molar-refractivity contribution in [2.24, 2.45) is 5.92 Å². The minimum atomic E-state index is -0.228. The number of amides is 1. The molecule has 4 rings (SSSR count). The Bertz CT molecular complexity index is 868. The van der Waals surface area contributed by atoms with E-state index in [0.717, 1.165) is 35.1 Å². The van der Waals surface area contributed by atoms with Crippen molar-refractivity contribution >= 4 is 27.4 Å². The van der Waals surface area contributed by atoms with Gasteiger partial charge in [-0.25, -0.2) is 0 Å². The molecule has 4 atom stereocenters. The summed E-state index contributed by atoms with van der Waals surface area (Å²) < 4.78 is 25.3. The quantitative estimate of drug-likeness (QED) is 0.716. The molecule has 0 bridgehead atoms. The van der Waals surface area contributed by atoms with Gasteiger partial charge < -0.3 is 4.90 Å². The second-order valence-corrected chi connectivity index (χ2v) is 8.58. The molecule has 1 amide bonds. The molecule has 0 N–H and O–H groups in total. The van der Waals surface area contributed by atoms with Crippen LogP contribution < -0.4 is 0 Å². The third-order valence-electron chi connectivity index (χ3n) is 6.12. The third kappa shape index (κ3) is 2.69. The lowest BCUT2D eigenvalue weighted by atomic mass is 9.74. The van der Waals surface area contributed by atoms with Crippen LogP contribution in [0.2, 0.25) is 0 Å². The predicted molar refractivity (Wildman–Crippen MR) is 106 cm³/mol. The molecule has 1 aromatic carbocycles. The summed E-state index contributed by atoms with van der Waals surface area (Å²) in [6.45, 7) is 6.07. The van der Waals surface area contributed by atoms with Gasteiger partial charge in [-0.1, -0.05) is 40.1 Å². The first kappa shape index (κ1) is 14.0. The average molecular weight is 406 g/mol. The number of carbonyl (C=O) groups excluding carboxylic acids is 1. The fraction of sp³-hybridized carbons (Fsp3) is 0.571. The molecule has 3 aliphatic rings. The van der Waals surface area contributed by atoms with Crippen LogP contribution in [0.3, 0.4) is 0 Å². The zero-order valence-corrected chi connectivity index (χ0v) is 16.7. The second kappa shape index (κ2) is 6.55. The number of hydrogen-bond acceptors (Lipinski definition) is 2. The van der Waals surface area contributed by atoms with Crippen molar-refractivity contribution in [2.45, 2.75) is 43.5 Å². The summed E-state index contributed by atoms with van der Waals surface area (Å²) in [5.74, 6) is 0.168. The normalized spacial score (nSPS) is 32.2. The molecule has 0 aromatic heterocycles. The zero-order valence-electron chi connectivity index (χ0n) is 18.1. The van der Waals surface area contributed by atoms with Crippen molar-refractivity contribution in [2.75, 3.05) is 26.7 Å². The highest BCUT2D eigenvalue weighted by Gasteiger charge is 2.43. The maximum Gasteiger partial charge on any atom is 0.230 e. The van der Waals surface area contributed by atoms with E-state index in [1.165, 1.54) is 0 Å². The van der Waals surface area contributed by atoms with E-state index < -0.39 is 0 Å². The van der Waals surface area contributed by atoms with Gasteiger partial charge in [-0.2, -0.15) is 0 Å². The van der Waals surface area contributed by atoms with Crippen molar-refractivity contribution < 1.29 is 8.91 Å². The van der Waals surface area contributed by atoms with Gasteiger partial charge >= 0.3 is 0 Å². The Kier molecular flexibility index (Phi) is 3.67. The molecule has 1 aliphatic heterocycles. The molecule has 0 saturated heterocycles. The molecule has 2 unspecified atom stereocenters. The van der Waals surface area contributed by atoms with Gasteiger partial charge in [0, 0.05) is 30.5 Å². The lowest BCUT2D eigenvalue weighted by molar-refractivity contribution is -0.134. The van der Waals surface area contributed by atoms with Crippen LogP contribution in [0.5, 0.6) is 0 Å². The van der Waals surface area contributed by atoms with Crippen molar-refractivity contribution in [1.82, 2.24) is 9.80 Å². The predicted octanol–water partition coefficient (Wildman–Crippen LogP) is 3.68. The van der Waals surface area contributed by atoms with E-state index in [0.29, 0.717) is 19.6 Å². The van der Waals surface area contributed by atoms with E-state index in [2.05, 4.69) is 34.0 Å². The van der Waals surface area contributed by atoms with Gasteiger partial charge in [-0.15, -0.1) is 0 Å². The van der Waals surface area contributed by atoms with Gasteiger partial charge in [0.05, 0.1) is 10.0 Å². The fourth-order valence-corrected chi connectivity index (χ4v) is 5.61. The highest BCUT2D eigenvalue weighted by Crippen LogP contribution is 2.51. The lowest BCUT2D eigenvalue weighted by Crippen LogP contribution is -2.48. The molecular weight excluding hydrogens is 376 g/mol. The van der Waals surface area contributed by atoms with Crippen LogP contribution in [0.25, 0.3) is 5.57 Å². The monoisotopic (exact) mass is 405 g/mol. The van der Waals surface area contributed by atoms with Gasteiger partial charge in [-0.3, -0.25) is 9.69 Å². The van der Waals surface area contributed by atoms with Gasteiger partial charge in [0.2, 0.25) is 5.91 Å². The lowest BCUT2D eigenvalue weighted by Gasteiger charge is -2.43. The molecule has 25 heavy (non-hydrogen) atoms. The maximum atomic E-state index is 13.0. The first-order chi connectivity index (χ1) is 13.3. The average Bonchev–Trinajstić information content (AvgIpc) is 3.01. The standard InChI is InChI=1S/C21H27BrN2O/c1-4-24(5-2)21(25)14-9-16-15-8-6-7-13-10-18(22)17(20(13)15)11-19(16)23(3)12-14/h6-9,14,17-19H,4-5,10-12H2,1-3H3/t14-,17?,18?,19-/m1/s1/i6D,7D,8D. The summed E-state index contributed by atoms with van der Waals surface area (Å²) >= 11 is 3.80. The Hall–Kier alpha value is -1.13. The summed E-state index contributed by atoms with van der Waals surface area (Å²) in [4.78, 5) is 17.4. The summed E-state index contributed by atoms with van der Waals surface area (Å²) in [7, 11) is 2.06. The smallest absolute Gasteiger partial charge is 0.230 e. The van der Waals surface area contributed by atoms with Crippen molar-refractivity contribution in [3.8, 4) is 0 Å². The molecule has 2 aliphatic carbocycles. The fourth-order valence-electron chi connectivity index (χ4n) is 4.81. The molecule has 3 nitrogen and oxygen atoms in total.